The summed E-state index contributed by atoms with van der Waals surface area (Å²) in [5.41, 5.74) is 0. The Morgan fingerprint density at radius 3 is 3.00 bits per heavy atom. The van der Waals surface area contributed by atoms with Crippen LogP contribution in [0.5, 0.6) is 0 Å². The maximum atomic E-state index is 9.11. The molecule has 0 saturated heterocycles. The molecule has 78 valence electrons. The van der Waals surface area contributed by atoms with Gasteiger partial charge in [-0.25, -0.2) is 4.98 Å². The van der Waals surface area contributed by atoms with Gasteiger partial charge in [0.2, 0.25) is 5.13 Å². The first-order valence-corrected chi connectivity index (χ1v) is 5.82. The van der Waals surface area contributed by atoms with Gasteiger partial charge in [-0.2, -0.15) is 4.37 Å². The molecule has 4 nitrogen and oxygen atoms in total. The molecular weight excluding hydrogens is 198 g/mol. The molecule has 1 aliphatic rings. The van der Waals surface area contributed by atoms with Gasteiger partial charge >= 0.3 is 0 Å². The molecule has 0 radical (unpaired) electrons. The number of aromatic nitrogens is 2. The van der Waals surface area contributed by atoms with E-state index in [0.29, 0.717) is 6.04 Å². The molecule has 0 aromatic carbocycles. The summed E-state index contributed by atoms with van der Waals surface area (Å²) in [5.74, 6) is 0.930. The Hall–Kier alpha value is -0.680. The molecule has 0 unspecified atom stereocenters. The van der Waals surface area contributed by atoms with E-state index < -0.39 is 0 Å². The highest BCUT2D eigenvalue weighted by atomic mass is 32.1. The van der Waals surface area contributed by atoms with E-state index in [1.807, 2.05) is 0 Å². The lowest BCUT2D eigenvalue weighted by Gasteiger charge is -2.31. The summed E-state index contributed by atoms with van der Waals surface area (Å²) in [6.45, 7) is 2.12. The minimum atomic E-state index is -0.115. The lowest BCUT2D eigenvalue weighted by molar-refractivity contribution is 0.0836. The van der Waals surface area contributed by atoms with E-state index in [-0.39, 0.29) is 6.10 Å². The van der Waals surface area contributed by atoms with Crippen LogP contribution in [0.25, 0.3) is 0 Å². The van der Waals surface area contributed by atoms with Crippen molar-refractivity contribution in [3.8, 4) is 0 Å². The molecule has 14 heavy (non-hydrogen) atoms. The molecule has 1 aromatic rings. The van der Waals surface area contributed by atoms with Crippen molar-refractivity contribution in [3.05, 3.63) is 5.82 Å². The van der Waals surface area contributed by atoms with E-state index >= 15 is 0 Å². The third-order valence-corrected chi connectivity index (χ3v) is 3.07. The molecule has 0 spiro atoms. The van der Waals surface area contributed by atoms with Gasteiger partial charge in [-0.1, -0.05) is 6.92 Å². The first-order chi connectivity index (χ1) is 6.78. The summed E-state index contributed by atoms with van der Waals surface area (Å²) in [6, 6.07) is 0.396. The number of anilines is 1. The summed E-state index contributed by atoms with van der Waals surface area (Å²) in [4.78, 5) is 4.36. The van der Waals surface area contributed by atoms with Crippen LogP contribution in [0, 0.1) is 0 Å². The van der Waals surface area contributed by atoms with E-state index in [0.717, 1.165) is 36.6 Å². The Kier molecular flexibility index (Phi) is 2.98. The molecular formula is C9H15N3OS. The molecule has 0 atom stereocenters. The van der Waals surface area contributed by atoms with Crippen molar-refractivity contribution in [2.75, 3.05) is 5.32 Å². The zero-order valence-electron chi connectivity index (χ0n) is 8.23. The van der Waals surface area contributed by atoms with Crippen molar-refractivity contribution >= 4 is 16.7 Å². The minimum Gasteiger partial charge on any atom is -0.393 e. The number of hydrogen-bond acceptors (Lipinski definition) is 5. The Balaban J connectivity index is 1.84. The van der Waals surface area contributed by atoms with Gasteiger partial charge in [0.25, 0.3) is 0 Å². The Bertz CT molecular complexity index is 296. The highest BCUT2D eigenvalue weighted by Crippen LogP contribution is 2.24. The zero-order valence-corrected chi connectivity index (χ0v) is 9.05. The number of nitrogens with zero attached hydrogens (tertiary/aromatic N) is 2. The lowest BCUT2D eigenvalue weighted by Crippen LogP contribution is -2.38. The largest absolute Gasteiger partial charge is 0.393 e. The average molecular weight is 213 g/mol. The van der Waals surface area contributed by atoms with Crippen LogP contribution in [0.15, 0.2) is 0 Å². The second-order valence-corrected chi connectivity index (χ2v) is 4.48. The van der Waals surface area contributed by atoms with E-state index in [2.05, 4.69) is 21.6 Å². The van der Waals surface area contributed by atoms with Crippen LogP contribution in [0.2, 0.25) is 0 Å². The van der Waals surface area contributed by atoms with Crippen LogP contribution in [-0.4, -0.2) is 26.6 Å². The molecule has 1 heterocycles. The van der Waals surface area contributed by atoms with Crippen LogP contribution < -0.4 is 5.32 Å². The number of aliphatic hydroxyl groups is 1. The zero-order chi connectivity index (χ0) is 9.97. The number of aryl methyl sites for hydroxylation is 1. The Morgan fingerprint density at radius 1 is 1.57 bits per heavy atom. The summed E-state index contributed by atoms with van der Waals surface area (Å²) in [6.07, 6.45) is 3.59. The van der Waals surface area contributed by atoms with Gasteiger partial charge in [-0.15, -0.1) is 0 Å². The van der Waals surface area contributed by atoms with Crippen LogP contribution in [-0.2, 0) is 6.42 Å². The van der Waals surface area contributed by atoms with Crippen molar-refractivity contribution in [1.29, 1.82) is 0 Å². The van der Waals surface area contributed by atoms with E-state index in [1.54, 1.807) is 0 Å². The topological polar surface area (TPSA) is 58.0 Å². The number of aliphatic hydroxyl groups excluding tert-OH is 1. The van der Waals surface area contributed by atoms with Crippen molar-refractivity contribution < 1.29 is 5.11 Å². The fraction of sp³-hybridized carbons (Fsp3) is 0.778. The monoisotopic (exact) mass is 213 g/mol. The standard InChI is InChI=1S/C9H15N3OS/c1-2-3-8-11-9(14-12-8)10-6-4-7(13)5-6/h6-7,13H,2-5H2,1H3,(H,10,11,12). The molecule has 1 aromatic heterocycles. The van der Waals surface area contributed by atoms with Gasteiger partial charge in [0.1, 0.15) is 5.82 Å². The molecule has 1 aliphatic carbocycles. The predicted octanol–water partition coefficient (Wildman–Crippen LogP) is 1.43. The normalized spacial score (nSPS) is 25.9. The minimum absolute atomic E-state index is 0.115. The molecule has 5 heteroatoms. The highest BCUT2D eigenvalue weighted by molar-refractivity contribution is 7.09. The molecule has 0 amide bonds. The summed E-state index contributed by atoms with van der Waals surface area (Å²) in [7, 11) is 0. The first-order valence-electron chi connectivity index (χ1n) is 5.05. The van der Waals surface area contributed by atoms with Gasteiger partial charge in [0.15, 0.2) is 0 Å². The van der Waals surface area contributed by atoms with Crippen molar-refractivity contribution in [3.63, 3.8) is 0 Å². The maximum Gasteiger partial charge on any atom is 0.202 e. The fourth-order valence-corrected chi connectivity index (χ4v) is 2.21. The van der Waals surface area contributed by atoms with E-state index in [1.165, 1.54) is 11.5 Å². The third kappa shape index (κ3) is 2.22. The van der Waals surface area contributed by atoms with Crippen LogP contribution in [0.4, 0.5) is 5.13 Å². The molecule has 2 rings (SSSR count). The summed E-state index contributed by atoms with van der Waals surface area (Å²) in [5, 5.41) is 13.3. The van der Waals surface area contributed by atoms with Gasteiger partial charge in [-0.05, 0) is 19.3 Å². The van der Waals surface area contributed by atoms with Crippen LogP contribution in [0.1, 0.15) is 32.0 Å². The van der Waals surface area contributed by atoms with Crippen molar-refractivity contribution in [1.82, 2.24) is 9.36 Å². The first kappa shape index (κ1) is 9.86. The molecule has 2 N–H and O–H groups in total. The van der Waals surface area contributed by atoms with Crippen molar-refractivity contribution in [2.45, 2.75) is 44.8 Å². The van der Waals surface area contributed by atoms with Gasteiger partial charge in [-0.3, -0.25) is 0 Å². The SMILES string of the molecule is CCCc1nsc(NC2CC(O)C2)n1. The molecule has 0 bridgehead atoms. The van der Waals surface area contributed by atoms with Crippen LogP contribution in [0.3, 0.4) is 0 Å². The van der Waals surface area contributed by atoms with Gasteiger partial charge in [0.05, 0.1) is 6.10 Å². The fourth-order valence-electron chi connectivity index (χ4n) is 1.52. The molecule has 1 saturated carbocycles. The smallest absolute Gasteiger partial charge is 0.202 e. The second-order valence-electron chi connectivity index (χ2n) is 3.73. The van der Waals surface area contributed by atoms with E-state index in [9.17, 15) is 0 Å². The average Bonchev–Trinajstić information content (AvgIpc) is 2.51. The second kappa shape index (κ2) is 4.23. The van der Waals surface area contributed by atoms with Crippen LogP contribution >= 0.6 is 11.5 Å². The summed E-state index contributed by atoms with van der Waals surface area (Å²) < 4.78 is 4.24. The number of nitrogens with one attached hydrogen (secondary N) is 1. The van der Waals surface area contributed by atoms with Gasteiger partial charge < -0.3 is 10.4 Å². The quantitative estimate of drug-likeness (QED) is 0.794. The molecule has 1 fully saturated rings. The third-order valence-electron chi connectivity index (χ3n) is 2.38. The Labute approximate surface area is 87.5 Å². The predicted molar refractivity (Wildman–Crippen MR) is 56.6 cm³/mol. The van der Waals surface area contributed by atoms with E-state index in [4.69, 9.17) is 5.11 Å². The van der Waals surface area contributed by atoms with Gasteiger partial charge in [0, 0.05) is 24.0 Å². The summed E-state index contributed by atoms with van der Waals surface area (Å²) >= 11 is 1.41. The maximum absolute atomic E-state index is 9.11. The number of hydrogen-bond donors (Lipinski definition) is 2. The Morgan fingerprint density at radius 2 is 2.36 bits per heavy atom. The van der Waals surface area contributed by atoms with Crippen molar-refractivity contribution in [2.24, 2.45) is 0 Å². The number of rotatable bonds is 4. The highest BCUT2D eigenvalue weighted by Gasteiger charge is 2.27. The molecule has 0 aliphatic heterocycles. The lowest BCUT2D eigenvalue weighted by atomic mass is 9.90.